The molecule has 1 aliphatic rings. The molecule has 0 aromatic heterocycles. The maximum absolute atomic E-state index is 12.5. The molecule has 8 nitrogen and oxygen atoms in total. The molecular formula is C26H23Cl3N4O4. The first-order valence-corrected chi connectivity index (χ1v) is 12.3. The summed E-state index contributed by atoms with van der Waals surface area (Å²) >= 11 is 18.4. The smallest absolute Gasteiger partial charge is 0.262 e. The minimum absolute atomic E-state index is 0.0230. The molecule has 0 atom stereocenters. The molecule has 1 aliphatic heterocycles. The summed E-state index contributed by atoms with van der Waals surface area (Å²) in [5, 5.41) is 4.84. The number of rotatable bonds is 8. The lowest BCUT2D eigenvalue weighted by Crippen LogP contribution is -2.36. The summed E-state index contributed by atoms with van der Waals surface area (Å²) in [6.45, 7) is 3.75. The Bertz CT molecular complexity index is 1360. The van der Waals surface area contributed by atoms with Gasteiger partial charge in [-0.2, -0.15) is 0 Å². The molecule has 0 saturated carbocycles. The van der Waals surface area contributed by atoms with Gasteiger partial charge in [-0.05, 0) is 49.7 Å². The number of ether oxygens (including phenoxy) is 2. The van der Waals surface area contributed by atoms with Crippen LogP contribution >= 0.6 is 34.8 Å². The summed E-state index contributed by atoms with van der Waals surface area (Å²) in [6, 6.07) is 15.7. The second-order valence-electron chi connectivity index (χ2n) is 8.25. The van der Waals surface area contributed by atoms with E-state index in [0.29, 0.717) is 33.7 Å². The molecule has 3 aromatic rings. The van der Waals surface area contributed by atoms with Crippen molar-refractivity contribution < 1.29 is 19.1 Å². The summed E-state index contributed by atoms with van der Waals surface area (Å²) in [5.74, 6) is 0.959. The van der Waals surface area contributed by atoms with E-state index in [4.69, 9.17) is 44.3 Å². The van der Waals surface area contributed by atoms with E-state index in [1.54, 1.807) is 24.3 Å². The van der Waals surface area contributed by atoms with Gasteiger partial charge in [-0.15, -0.1) is 0 Å². The third-order valence-corrected chi connectivity index (χ3v) is 6.10. The Balaban J connectivity index is 1.31. The summed E-state index contributed by atoms with van der Waals surface area (Å²) in [4.78, 5) is 29.1. The van der Waals surface area contributed by atoms with E-state index in [1.165, 1.54) is 17.1 Å². The van der Waals surface area contributed by atoms with Crippen molar-refractivity contribution in [3.05, 3.63) is 80.8 Å². The molecule has 1 fully saturated rings. The Kier molecular flexibility index (Phi) is 8.43. The van der Waals surface area contributed by atoms with Gasteiger partial charge in [0.25, 0.3) is 11.8 Å². The number of aryl methyl sites for hydroxylation is 2. The number of carbonyl (C=O) groups excluding carboxylic acids is 2. The van der Waals surface area contributed by atoms with Crippen LogP contribution in [-0.2, 0) is 9.59 Å². The van der Waals surface area contributed by atoms with Crippen molar-refractivity contribution in [2.75, 3.05) is 23.7 Å². The fraction of sp³-hybridized carbons (Fsp3) is 0.192. The van der Waals surface area contributed by atoms with Gasteiger partial charge in [-0.1, -0.05) is 58.6 Å². The Hall–Kier alpha value is -3.46. The van der Waals surface area contributed by atoms with Crippen molar-refractivity contribution >= 4 is 63.8 Å². The van der Waals surface area contributed by atoms with Crippen LogP contribution in [0, 0.1) is 13.8 Å². The number of halogens is 3. The highest BCUT2D eigenvalue weighted by Crippen LogP contribution is 2.37. The summed E-state index contributed by atoms with van der Waals surface area (Å²) < 4.78 is 11.3. The maximum Gasteiger partial charge on any atom is 0.262 e. The highest BCUT2D eigenvalue weighted by Gasteiger charge is 2.30. The number of anilines is 2. The van der Waals surface area contributed by atoms with Crippen molar-refractivity contribution in [3.8, 4) is 11.5 Å². The largest absolute Gasteiger partial charge is 0.483 e. The SMILES string of the molecule is Cc1ccc(OCC(=O)Nc2cccc(OC/N=C3\CC(=O)N(c4c(Cl)cc(Cl)cc4Cl)N3)c2)c(C)c1. The molecule has 192 valence electrons. The zero-order valence-corrected chi connectivity index (χ0v) is 22.2. The van der Waals surface area contributed by atoms with Crippen molar-refractivity contribution in [2.24, 2.45) is 4.99 Å². The van der Waals surface area contributed by atoms with Crippen molar-refractivity contribution in [3.63, 3.8) is 0 Å². The summed E-state index contributed by atoms with van der Waals surface area (Å²) in [7, 11) is 0. The second kappa shape index (κ2) is 11.7. The van der Waals surface area contributed by atoms with Crippen LogP contribution in [0.5, 0.6) is 11.5 Å². The lowest BCUT2D eigenvalue weighted by molar-refractivity contribution is -0.118. The number of aliphatic imine (C=N–C) groups is 1. The molecule has 0 bridgehead atoms. The van der Waals surface area contributed by atoms with Gasteiger partial charge in [0.2, 0.25) is 0 Å². The zero-order valence-electron chi connectivity index (χ0n) is 20.0. The van der Waals surface area contributed by atoms with Gasteiger partial charge >= 0.3 is 0 Å². The lowest BCUT2D eigenvalue weighted by Gasteiger charge is -2.19. The molecule has 0 radical (unpaired) electrons. The molecule has 0 unspecified atom stereocenters. The zero-order chi connectivity index (χ0) is 26.5. The normalized spacial score (nSPS) is 14.0. The average molecular weight is 562 g/mol. The number of nitrogens with one attached hydrogen (secondary N) is 2. The van der Waals surface area contributed by atoms with E-state index in [1.807, 2.05) is 32.0 Å². The number of carbonyl (C=O) groups is 2. The Morgan fingerprint density at radius 1 is 1.05 bits per heavy atom. The van der Waals surface area contributed by atoms with Crippen molar-refractivity contribution in [1.29, 1.82) is 0 Å². The van der Waals surface area contributed by atoms with E-state index >= 15 is 0 Å². The fourth-order valence-corrected chi connectivity index (χ4v) is 4.61. The Labute approximate surface area is 229 Å². The van der Waals surface area contributed by atoms with Crippen molar-refractivity contribution in [1.82, 2.24) is 5.43 Å². The standard InChI is InChI=1S/C26H23Cl3N4O4/c1-15-6-7-22(16(2)8-15)36-13-24(34)31-18-4-3-5-19(11-18)37-14-30-23-12-25(35)33(32-23)26-20(28)9-17(27)10-21(26)29/h3-11H,12-14H2,1-2H3,(H,30,32)(H,31,34). The lowest BCUT2D eigenvalue weighted by atomic mass is 10.1. The van der Waals surface area contributed by atoms with Crippen LogP contribution in [-0.4, -0.2) is 31.0 Å². The molecule has 11 heteroatoms. The van der Waals surface area contributed by atoms with Crippen LogP contribution in [0.4, 0.5) is 11.4 Å². The number of benzene rings is 3. The van der Waals surface area contributed by atoms with Gasteiger partial charge in [0, 0.05) is 16.8 Å². The molecule has 1 heterocycles. The fourth-order valence-electron chi connectivity index (χ4n) is 3.62. The van der Waals surface area contributed by atoms with E-state index < -0.39 is 0 Å². The topological polar surface area (TPSA) is 92.3 Å². The number of nitrogens with zero attached hydrogens (tertiary/aromatic N) is 2. The van der Waals surface area contributed by atoms with Gasteiger partial charge in [0.05, 0.1) is 16.5 Å². The quantitative estimate of drug-likeness (QED) is 0.354. The molecule has 2 amide bonds. The maximum atomic E-state index is 12.5. The van der Waals surface area contributed by atoms with Gasteiger partial charge in [0.15, 0.2) is 13.3 Å². The predicted molar refractivity (Wildman–Crippen MR) is 146 cm³/mol. The molecule has 2 N–H and O–H groups in total. The van der Waals surface area contributed by atoms with Gasteiger partial charge in [0.1, 0.15) is 23.0 Å². The van der Waals surface area contributed by atoms with Gasteiger partial charge < -0.3 is 14.8 Å². The molecule has 37 heavy (non-hydrogen) atoms. The number of hydrogen-bond acceptors (Lipinski definition) is 5. The second-order valence-corrected chi connectivity index (χ2v) is 9.50. The Morgan fingerprint density at radius 2 is 1.81 bits per heavy atom. The van der Waals surface area contributed by atoms with Crippen LogP contribution in [0.2, 0.25) is 15.1 Å². The first-order valence-electron chi connectivity index (χ1n) is 11.2. The molecular weight excluding hydrogens is 539 g/mol. The molecule has 4 rings (SSSR count). The first-order chi connectivity index (χ1) is 17.7. The first kappa shape index (κ1) is 26.6. The highest BCUT2D eigenvalue weighted by molar-refractivity contribution is 6.42. The number of hydrazine groups is 1. The van der Waals surface area contributed by atoms with Gasteiger partial charge in [-0.25, -0.2) is 10.0 Å². The minimum Gasteiger partial charge on any atom is -0.483 e. The number of hydrogen-bond donors (Lipinski definition) is 2. The third-order valence-electron chi connectivity index (χ3n) is 5.31. The predicted octanol–water partition coefficient (Wildman–Crippen LogP) is 5.96. The van der Waals surface area contributed by atoms with E-state index in [2.05, 4.69) is 15.7 Å². The Morgan fingerprint density at radius 3 is 2.54 bits per heavy atom. The summed E-state index contributed by atoms with van der Waals surface area (Å²) in [6.07, 6.45) is 0.0230. The van der Waals surface area contributed by atoms with E-state index in [0.717, 1.165) is 11.1 Å². The molecule has 0 spiro atoms. The molecule has 3 aromatic carbocycles. The monoisotopic (exact) mass is 560 g/mol. The van der Waals surface area contributed by atoms with E-state index in [9.17, 15) is 9.59 Å². The summed E-state index contributed by atoms with van der Waals surface area (Å²) in [5.41, 5.74) is 5.82. The number of amidine groups is 1. The van der Waals surface area contributed by atoms with E-state index in [-0.39, 0.29) is 41.6 Å². The average Bonchev–Trinajstić information content (AvgIpc) is 3.18. The third kappa shape index (κ3) is 6.85. The minimum atomic E-state index is -0.300. The van der Waals surface area contributed by atoms with Crippen LogP contribution in [0.1, 0.15) is 17.5 Å². The number of amides is 2. The van der Waals surface area contributed by atoms with Crippen LogP contribution in [0.15, 0.2) is 59.6 Å². The van der Waals surface area contributed by atoms with Crippen molar-refractivity contribution in [2.45, 2.75) is 20.3 Å². The van der Waals surface area contributed by atoms with Crippen LogP contribution < -0.4 is 25.2 Å². The highest BCUT2D eigenvalue weighted by atomic mass is 35.5. The molecule has 1 saturated heterocycles. The van der Waals surface area contributed by atoms with Crippen LogP contribution in [0.3, 0.4) is 0 Å². The van der Waals surface area contributed by atoms with Crippen LogP contribution in [0.25, 0.3) is 0 Å². The molecule has 0 aliphatic carbocycles. The van der Waals surface area contributed by atoms with Gasteiger partial charge in [-0.3, -0.25) is 15.0 Å².